The molecule has 1 aliphatic carbocycles. The Balaban J connectivity index is 1.59. The van der Waals surface area contributed by atoms with E-state index >= 15 is 0 Å². The minimum Gasteiger partial charge on any atom is -0.343 e. The van der Waals surface area contributed by atoms with E-state index in [-0.39, 0.29) is 36.4 Å². The van der Waals surface area contributed by atoms with E-state index in [1.807, 2.05) is 4.90 Å². The highest BCUT2D eigenvalue weighted by molar-refractivity contribution is 7.91. The van der Waals surface area contributed by atoms with Crippen molar-refractivity contribution in [2.75, 3.05) is 26.7 Å². The fraction of sp³-hybridized carbons (Fsp3) is 0.667. The molecule has 2 N–H and O–H groups in total. The number of likely N-dealkylation sites (tertiary alicyclic amines) is 2. The highest BCUT2D eigenvalue weighted by Crippen LogP contribution is 2.27. The lowest BCUT2D eigenvalue weighted by molar-refractivity contribution is -0.140. The molecular weight excluding hydrogens is 470 g/mol. The Hall–Kier alpha value is -2.69. The molecule has 11 heteroatoms. The van der Waals surface area contributed by atoms with Gasteiger partial charge in [-0.25, -0.2) is 8.42 Å². The number of sulfonamides is 1. The van der Waals surface area contributed by atoms with Gasteiger partial charge in [0.25, 0.3) is 0 Å². The van der Waals surface area contributed by atoms with E-state index in [2.05, 4.69) is 21.6 Å². The molecule has 0 aromatic heterocycles. The Morgan fingerprint density at radius 2 is 1.69 bits per heavy atom. The first-order valence-electron chi connectivity index (χ1n) is 12.4. The first-order chi connectivity index (χ1) is 16.7. The third-order valence-corrected chi connectivity index (χ3v) is 8.39. The van der Waals surface area contributed by atoms with Crippen molar-refractivity contribution in [1.82, 2.24) is 19.8 Å². The molecule has 3 fully saturated rings. The van der Waals surface area contributed by atoms with Crippen molar-refractivity contribution in [3.8, 4) is 0 Å². The second-order valence-corrected chi connectivity index (χ2v) is 11.3. The van der Waals surface area contributed by atoms with E-state index in [9.17, 15) is 22.8 Å². The summed E-state index contributed by atoms with van der Waals surface area (Å²) >= 11 is 0. The number of aliphatic imine (C=N–C) groups is 1. The largest absolute Gasteiger partial charge is 0.343 e. The number of carbonyl (C=O) groups is 3. The van der Waals surface area contributed by atoms with Crippen LogP contribution in [0.25, 0.3) is 0 Å². The van der Waals surface area contributed by atoms with E-state index in [0.717, 1.165) is 32.4 Å². The number of nitrogens with zero attached hydrogens (tertiary/aromatic N) is 3. The molecule has 10 nitrogen and oxygen atoms in total. The predicted molar refractivity (Wildman–Crippen MR) is 134 cm³/mol. The zero-order valence-electron chi connectivity index (χ0n) is 20.5. The van der Waals surface area contributed by atoms with Gasteiger partial charge in [-0.2, -0.15) is 0 Å². The SMILES string of the molecule is C=CCC(=CC(=NC)NS(=O)(=O)C1CC1)NC(=O)[C@@H]1CCCN1C(=O)CCC(=O)N1CCCCC1. The minimum atomic E-state index is -3.49. The van der Waals surface area contributed by atoms with Gasteiger partial charge in [-0.1, -0.05) is 6.08 Å². The summed E-state index contributed by atoms with van der Waals surface area (Å²) in [6, 6.07) is -0.633. The van der Waals surface area contributed by atoms with E-state index in [1.165, 1.54) is 13.1 Å². The van der Waals surface area contributed by atoms with Crippen LogP contribution in [0.1, 0.15) is 64.2 Å². The number of hydrogen-bond donors (Lipinski definition) is 2. The fourth-order valence-corrected chi connectivity index (χ4v) is 5.82. The zero-order chi connectivity index (χ0) is 25.4. The molecule has 0 aromatic carbocycles. The second kappa shape index (κ2) is 12.3. The molecule has 35 heavy (non-hydrogen) atoms. The summed E-state index contributed by atoms with van der Waals surface area (Å²) in [7, 11) is -2.02. The van der Waals surface area contributed by atoms with Crippen molar-refractivity contribution < 1.29 is 22.8 Å². The van der Waals surface area contributed by atoms with Gasteiger partial charge < -0.3 is 15.1 Å². The van der Waals surface area contributed by atoms with Gasteiger partial charge in [0.15, 0.2) is 0 Å². The molecule has 3 aliphatic rings. The lowest BCUT2D eigenvalue weighted by Crippen LogP contribution is -2.46. The summed E-state index contributed by atoms with van der Waals surface area (Å²) in [5.41, 5.74) is 0.434. The first-order valence-corrected chi connectivity index (χ1v) is 14.0. The summed E-state index contributed by atoms with van der Waals surface area (Å²) in [6.07, 6.45) is 9.23. The van der Waals surface area contributed by atoms with Gasteiger partial charge in [0.1, 0.15) is 11.9 Å². The van der Waals surface area contributed by atoms with Crippen molar-refractivity contribution in [2.24, 2.45) is 4.99 Å². The van der Waals surface area contributed by atoms with Gasteiger partial charge in [-0.15, -0.1) is 6.58 Å². The minimum absolute atomic E-state index is 0.00511. The molecular formula is C24H37N5O5S. The van der Waals surface area contributed by atoms with Crippen molar-refractivity contribution in [3.63, 3.8) is 0 Å². The number of nitrogens with one attached hydrogen (secondary N) is 2. The Bertz CT molecular complexity index is 980. The summed E-state index contributed by atoms with van der Waals surface area (Å²) < 4.78 is 27.0. The number of amidine groups is 1. The van der Waals surface area contributed by atoms with Gasteiger partial charge in [-0.3, -0.25) is 24.1 Å². The van der Waals surface area contributed by atoms with E-state index < -0.39 is 21.3 Å². The molecule has 0 aromatic rings. The molecule has 0 spiro atoms. The molecule has 0 radical (unpaired) electrons. The monoisotopic (exact) mass is 507 g/mol. The van der Waals surface area contributed by atoms with Gasteiger partial charge in [-0.05, 0) is 44.9 Å². The number of piperidine rings is 1. The number of hydrogen-bond acceptors (Lipinski definition) is 6. The molecule has 1 atom stereocenters. The quantitative estimate of drug-likeness (QED) is 0.263. The Morgan fingerprint density at radius 3 is 2.31 bits per heavy atom. The standard InChI is InChI=1S/C24H37N5O5S/c1-3-8-18(17-21(25-2)27-35(33,34)19-10-11-19)26-24(32)20-9-7-16-29(20)23(31)13-12-22(30)28-14-5-4-6-15-28/h3,17,19-20H,1,4-16H2,2H3,(H,25,27)(H,26,32)/t20-/m0/s1. The first kappa shape index (κ1) is 26.9. The van der Waals surface area contributed by atoms with E-state index in [0.29, 0.717) is 44.3 Å². The molecule has 0 bridgehead atoms. The van der Waals surface area contributed by atoms with Crippen LogP contribution >= 0.6 is 0 Å². The van der Waals surface area contributed by atoms with Crippen molar-refractivity contribution in [2.45, 2.75) is 75.5 Å². The average Bonchev–Trinajstić information content (AvgIpc) is 3.60. The molecule has 3 rings (SSSR count). The Labute approximate surface area is 207 Å². The maximum atomic E-state index is 13.1. The summed E-state index contributed by atoms with van der Waals surface area (Å²) in [5.74, 6) is -0.416. The second-order valence-electron chi connectivity index (χ2n) is 9.29. The summed E-state index contributed by atoms with van der Waals surface area (Å²) in [5, 5.41) is 2.42. The number of amides is 3. The maximum absolute atomic E-state index is 13.1. The van der Waals surface area contributed by atoms with Crippen LogP contribution in [0.4, 0.5) is 0 Å². The summed E-state index contributed by atoms with van der Waals surface area (Å²) in [6.45, 7) is 5.67. The average molecular weight is 508 g/mol. The molecule has 2 aliphatic heterocycles. The van der Waals surface area contributed by atoms with Crippen molar-refractivity contribution in [3.05, 3.63) is 24.4 Å². The highest BCUT2D eigenvalue weighted by Gasteiger charge is 2.37. The smallest absolute Gasteiger partial charge is 0.246 e. The van der Waals surface area contributed by atoms with E-state index in [4.69, 9.17) is 0 Å². The van der Waals surface area contributed by atoms with Crippen LogP contribution in [-0.4, -0.2) is 79.7 Å². The third-order valence-electron chi connectivity index (χ3n) is 6.55. The third kappa shape index (κ3) is 7.65. The number of rotatable bonds is 10. The zero-order valence-corrected chi connectivity index (χ0v) is 21.3. The van der Waals surface area contributed by atoms with Crippen LogP contribution in [0.3, 0.4) is 0 Å². The Kier molecular flexibility index (Phi) is 9.47. The molecule has 2 saturated heterocycles. The van der Waals surface area contributed by atoms with Crippen LogP contribution in [-0.2, 0) is 24.4 Å². The summed E-state index contributed by atoms with van der Waals surface area (Å²) in [4.78, 5) is 45.7. The lowest BCUT2D eigenvalue weighted by atomic mass is 10.1. The fourth-order valence-electron chi connectivity index (χ4n) is 4.45. The van der Waals surface area contributed by atoms with Crippen LogP contribution in [0.5, 0.6) is 0 Å². The van der Waals surface area contributed by atoms with Crippen LogP contribution in [0.15, 0.2) is 29.4 Å². The lowest BCUT2D eigenvalue weighted by Gasteiger charge is -2.28. The Morgan fingerprint density at radius 1 is 1.00 bits per heavy atom. The molecule has 0 unspecified atom stereocenters. The van der Waals surface area contributed by atoms with Crippen LogP contribution < -0.4 is 10.0 Å². The molecule has 194 valence electrons. The van der Waals surface area contributed by atoms with E-state index in [1.54, 1.807) is 11.0 Å². The van der Waals surface area contributed by atoms with Crippen molar-refractivity contribution in [1.29, 1.82) is 0 Å². The van der Waals surface area contributed by atoms with Gasteiger partial charge in [0.2, 0.25) is 27.7 Å². The van der Waals surface area contributed by atoms with Gasteiger partial charge in [0, 0.05) is 57.7 Å². The molecule has 2 heterocycles. The van der Waals surface area contributed by atoms with Gasteiger partial charge >= 0.3 is 0 Å². The van der Waals surface area contributed by atoms with Crippen LogP contribution in [0.2, 0.25) is 0 Å². The van der Waals surface area contributed by atoms with Gasteiger partial charge in [0.05, 0.1) is 5.25 Å². The number of allylic oxidation sites excluding steroid dienone is 1. The molecule has 3 amide bonds. The molecule has 1 saturated carbocycles. The number of carbonyl (C=O) groups excluding carboxylic acids is 3. The van der Waals surface area contributed by atoms with Crippen LogP contribution in [0, 0.1) is 0 Å². The topological polar surface area (TPSA) is 128 Å². The maximum Gasteiger partial charge on any atom is 0.246 e. The predicted octanol–water partition coefficient (Wildman–Crippen LogP) is 1.46. The van der Waals surface area contributed by atoms with Crippen molar-refractivity contribution >= 4 is 33.6 Å². The normalized spacial score (nSPS) is 21.6. The highest BCUT2D eigenvalue weighted by atomic mass is 32.2.